The SMILES string of the molecule is CSN/C=C1\C(=N)N(C)c2ccc(Cl)cc2N(c2ccccc2)C1=O. The minimum absolute atomic E-state index is 0.119. The van der Waals surface area contributed by atoms with E-state index in [0.29, 0.717) is 16.4 Å². The lowest BCUT2D eigenvalue weighted by Gasteiger charge is -2.24. The highest BCUT2D eigenvalue weighted by Crippen LogP contribution is 2.40. The van der Waals surface area contributed by atoms with Gasteiger partial charge in [0, 0.05) is 30.2 Å². The Morgan fingerprint density at radius 3 is 2.56 bits per heavy atom. The van der Waals surface area contributed by atoms with Gasteiger partial charge in [0.05, 0.1) is 16.9 Å². The number of halogens is 1. The number of nitrogens with one attached hydrogen (secondary N) is 2. The van der Waals surface area contributed by atoms with Gasteiger partial charge in [-0.1, -0.05) is 41.7 Å². The molecule has 3 rings (SSSR count). The van der Waals surface area contributed by atoms with E-state index in [0.717, 1.165) is 5.69 Å². The van der Waals surface area contributed by atoms with Gasteiger partial charge < -0.3 is 9.62 Å². The number of likely N-dealkylation sites (N-methyl/N-ethyl adjacent to an activating group) is 1. The fourth-order valence-electron chi connectivity index (χ4n) is 2.67. The lowest BCUT2D eigenvalue weighted by molar-refractivity contribution is -0.114. The molecule has 7 heteroatoms. The van der Waals surface area contributed by atoms with Gasteiger partial charge >= 0.3 is 0 Å². The Labute approximate surface area is 155 Å². The zero-order chi connectivity index (χ0) is 18.0. The van der Waals surface area contributed by atoms with E-state index in [1.807, 2.05) is 42.7 Å². The van der Waals surface area contributed by atoms with Crippen molar-refractivity contribution in [1.29, 1.82) is 5.41 Å². The van der Waals surface area contributed by atoms with Crippen LogP contribution in [0.25, 0.3) is 0 Å². The van der Waals surface area contributed by atoms with E-state index < -0.39 is 0 Å². The highest BCUT2D eigenvalue weighted by Gasteiger charge is 2.33. The van der Waals surface area contributed by atoms with Crippen LogP contribution in [0.1, 0.15) is 0 Å². The first kappa shape index (κ1) is 17.4. The fourth-order valence-corrected chi connectivity index (χ4v) is 3.07. The first-order chi connectivity index (χ1) is 12.0. The van der Waals surface area contributed by atoms with Gasteiger partial charge in [0.25, 0.3) is 5.91 Å². The topological polar surface area (TPSA) is 59.4 Å². The lowest BCUT2D eigenvalue weighted by Crippen LogP contribution is -2.32. The van der Waals surface area contributed by atoms with Gasteiger partial charge in [0.1, 0.15) is 5.84 Å². The molecule has 1 aliphatic heterocycles. The summed E-state index contributed by atoms with van der Waals surface area (Å²) in [5, 5.41) is 9.00. The van der Waals surface area contributed by atoms with Crippen LogP contribution >= 0.6 is 23.5 Å². The van der Waals surface area contributed by atoms with Crippen LogP contribution < -0.4 is 14.5 Å². The highest BCUT2D eigenvalue weighted by molar-refractivity contribution is 7.96. The molecule has 25 heavy (non-hydrogen) atoms. The molecule has 0 atom stereocenters. The number of para-hydroxylation sites is 1. The van der Waals surface area contributed by atoms with Crippen molar-refractivity contribution in [1.82, 2.24) is 4.72 Å². The van der Waals surface area contributed by atoms with Crippen molar-refractivity contribution in [2.24, 2.45) is 0 Å². The molecular formula is C18H17ClN4OS. The first-order valence-corrected chi connectivity index (χ1v) is 9.15. The molecule has 0 unspecified atom stereocenters. The van der Waals surface area contributed by atoms with Crippen LogP contribution in [0.2, 0.25) is 5.02 Å². The third kappa shape index (κ3) is 3.23. The maximum atomic E-state index is 13.3. The second-order valence-electron chi connectivity index (χ2n) is 5.40. The zero-order valence-electron chi connectivity index (χ0n) is 13.8. The van der Waals surface area contributed by atoms with E-state index in [-0.39, 0.29) is 17.3 Å². The summed E-state index contributed by atoms with van der Waals surface area (Å²) in [6.07, 6.45) is 3.42. The molecule has 5 nitrogen and oxygen atoms in total. The van der Waals surface area contributed by atoms with E-state index in [4.69, 9.17) is 17.0 Å². The van der Waals surface area contributed by atoms with Gasteiger partial charge in [0.15, 0.2) is 0 Å². The monoisotopic (exact) mass is 372 g/mol. The van der Waals surface area contributed by atoms with E-state index in [1.165, 1.54) is 11.9 Å². The summed E-state index contributed by atoms with van der Waals surface area (Å²) in [4.78, 5) is 16.6. The molecule has 0 fully saturated rings. The Kier molecular flexibility index (Phi) is 5.01. The van der Waals surface area contributed by atoms with Crippen molar-refractivity contribution in [3.8, 4) is 0 Å². The molecule has 0 spiro atoms. The smallest absolute Gasteiger partial charge is 0.268 e. The second-order valence-corrected chi connectivity index (χ2v) is 6.48. The number of hydrogen-bond acceptors (Lipinski definition) is 4. The van der Waals surface area contributed by atoms with Gasteiger partial charge in [-0.15, -0.1) is 0 Å². The fraction of sp³-hybridized carbons (Fsp3) is 0.111. The molecule has 0 bridgehead atoms. The number of hydrogen-bond donors (Lipinski definition) is 2. The number of anilines is 3. The summed E-state index contributed by atoms with van der Waals surface area (Å²) in [7, 11) is 1.77. The average molecular weight is 373 g/mol. The Hall–Kier alpha value is -2.44. The van der Waals surface area contributed by atoms with E-state index in [1.54, 1.807) is 35.2 Å². The van der Waals surface area contributed by atoms with Crippen LogP contribution in [0.5, 0.6) is 0 Å². The Morgan fingerprint density at radius 2 is 1.88 bits per heavy atom. The van der Waals surface area contributed by atoms with E-state index >= 15 is 0 Å². The summed E-state index contributed by atoms with van der Waals surface area (Å²) < 4.78 is 2.95. The standard InChI is InChI=1S/C18H17ClN4OS/c1-22-15-9-8-12(19)10-16(15)23(13-6-4-3-5-7-13)18(24)14(17(22)20)11-21-25-2/h3-11,20-21H,1-2H3/b14-11+,20-17?. The van der Waals surface area contributed by atoms with Gasteiger partial charge in [-0.25, -0.2) is 0 Å². The van der Waals surface area contributed by atoms with Crippen molar-refractivity contribution in [2.75, 3.05) is 23.1 Å². The van der Waals surface area contributed by atoms with Crippen LogP contribution in [0.3, 0.4) is 0 Å². The maximum absolute atomic E-state index is 13.3. The minimum atomic E-state index is -0.286. The Balaban J connectivity index is 2.26. The van der Waals surface area contributed by atoms with Crippen LogP contribution in [-0.2, 0) is 4.79 Å². The molecule has 0 aromatic heterocycles. The number of carbonyl (C=O) groups is 1. The predicted octanol–water partition coefficient (Wildman–Crippen LogP) is 4.18. The van der Waals surface area contributed by atoms with Crippen LogP contribution in [0.15, 0.2) is 60.3 Å². The molecule has 0 saturated carbocycles. The van der Waals surface area contributed by atoms with E-state index in [2.05, 4.69) is 4.72 Å². The average Bonchev–Trinajstić information content (AvgIpc) is 2.69. The number of benzene rings is 2. The molecule has 1 aliphatic rings. The largest absolute Gasteiger partial charge is 0.336 e. The molecule has 0 saturated heterocycles. The van der Waals surface area contributed by atoms with Crippen LogP contribution in [0, 0.1) is 5.41 Å². The zero-order valence-corrected chi connectivity index (χ0v) is 15.4. The van der Waals surface area contributed by atoms with Crippen molar-refractivity contribution in [2.45, 2.75) is 0 Å². The lowest BCUT2D eigenvalue weighted by atomic mass is 10.2. The normalized spacial score (nSPS) is 16.0. The summed E-state index contributed by atoms with van der Waals surface area (Å²) in [5.41, 5.74) is 2.37. The molecule has 1 amide bonds. The Bertz CT molecular complexity index is 853. The van der Waals surface area contributed by atoms with Crippen molar-refractivity contribution in [3.05, 3.63) is 65.3 Å². The quantitative estimate of drug-likeness (QED) is 0.626. The molecular weight excluding hydrogens is 356 g/mol. The number of nitrogens with zero attached hydrogens (tertiary/aromatic N) is 2. The highest BCUT2D eigenvalue weighted by atomic mass is 35.5. The third-order valence-corrected chi connectivity index (χ3v) is 4.49. The molecule has 128 valence electrons. The van der Waals surface area contributed by atoms with Crippen molar-refractivity contribution >= 4 is 52.4 Å². The second kappa shape index (κ2) is 7.21. The molecule has 0 aliphatic carbocycles. The van der Waals surface area contributed by atoms with Gasteiger partial charge in [-0.05, 0) is 30.3 Å². The third-order valence-electron chi connectivity index (χ3n) is 3.90. The maximum Gasteiger partial charge on any atom is 0.268 e. The van der Waals surface area contributed by atoms with Gasteiger partial charge in [-0.2, -0.15) is 0 Å². The molecule has 2 aromatic rings. The molecule has 0 radical (unpaired) electrons. The number of fused-ring (bicyclic) bond motifs is 1. The van der Waals surface area contributed by atoms with Crippen molar-refractivity contribution in [3.63, 3.8) is 0 Å². The number of carbonyl (C=O) groups excluding carboxylic acids is 1. The summed E-state index contributed by atoms with van der Waals surface area (Å²) >= 11 is 7.55. The number of amides is 1. The number of amidine groups is 1. The first-order valence-electron chi connectivity index (χ1n) is 7.55. The minimum Gasteiger partial charge on any atom is -0.336 e. The van der Waals surface area contributed by atoms with E-state index in [9.17, 15) is 4.79 Å². The predicted molar refractivity (Wildman–Crippen MR) is 106 cm³/mol. The number of rotatable bonds is 3. The molecule has 1 heterocycles. The van der Waals surface area contributed by atoms with Crippen molar-refractivity contribution < 1.29 is 4.79 Å². The van der Waals surface area contributed by atoms with Gasteiger partial charge in [0.2, 0.25) is 0 Å². The molecule has 2 N–H and O–H groups in total. The summed E-state index contributed by atoms with van der Waals surface area (Å²) in [6.45, 7) is 0. The van der Waals surface area contributed by atoms with Crippen LogP contribution in [-0.4, -0.2) is 25.0 Å². The van der Waals surface area contributed by atoms with Crippen LogP contribution in [0.4, 0.5) is 17.1 Å². The van der Waals surface area contributed by atoms with Gasteiger partial charge in [-0.3, -0.25) is 15.1 Å². The molecule has 2 aromatic carbocycles. The Morgan fingerprint density at radius 1 is 1.16 bits per heavy atom. The summed E-state index contributed by atoms with van der Waals surface area (Å²) in [6, 6.07) is 14.7. The summed E-state index contributed by atoms with van der Waals surface area (Å²) in [5.74, 6) is -0.167.